The Balaban J connectivity index is 2.11. The molecule has 0 saturated carbocycles. The molecule has 3 heteroatoms. The minimum Gasteiger partial charge on any atom is -0.494 e. The van der Waals surface area contributed by atoms with E-state index in [9.17, 15) is 0 Å². The van der Waals surface area contributed by atoms with Gasteiger partial charge < -0.3 is 14.6 Å². The normalized spacial score (nSPS) is 15.1. The predicted octanol–water partition coefficient (Wildman–Crippen LogP) is 2.14. The van der Waals surface area contributed by atoms with E-state index < -0.39 is 0 Å². The van der Waals surface area contributed by atoms with Crippen LogP contribution < -0.4 is 10.1 Å². The predicted molar refractivity (Wildman–Crippen MR) is 64.8 cm³/mol. The average Bonchev–Trinajstić information content (AvgIpc) is 2.67. The van der Waals surface area contributed by atoms with E-state index in [2.05, 4.69) is 34.1 Å². The minimum absolute atomic E-state index is 0.723. The van der Waals surface area contributed by atoms with E-state index in [4.69, 9.17) is 4.74 Å². The number of hydrogen-bond donors (Lipinski definition) is 1. The van der Waals surface area contributed by atoms with Gasteiger partial charge in [-0.3, -0.25) is 0 Å². The first-order chi connectivity index (χ1) is 7.88. The third-order valence-corrected chi connectivity index (χ3v) is 3.09. The van der Waals surface area contributed by atoms with Crippen molar-refractivity contribution in [1.29, 1.82) is 0 Å². The summed E-state index contributed by atoms with van der Waals surface area (Å²) >= 11 is 0. The van der Waals surface area contributed by atoms with Crippen LogP contribution in [0.2, 0.25) is 0 Å². The van der Waals surface area contributed by atoms with Gasteiger partial charge in [0.2, 0.25) is 0 Å². The maximum absolute atomic E-state index is 5.52. The van der Waals surface area contributed by atoms with Gasteiger partial charge in [0.05, 0.1) is 6.61 Å². The van der Waals surface area contributed by atoms with Gasteiger partial charge in [0.15, 0.2) is 0 Å². The van der Waals surface area contributed by atoms with E-state index in [1.807, 2.05) is 6.92 Å². The molecule has 2 aromatic rings. The standard InChI is InChI=1S/C13H16N2O/c1-2-16-12-3-4-13-10(8-12)7-11-9-14-5-6-15(11)13/h3-4,7-8,14H,2,5-6,9H2,1H3. The summed E-state index contributed by atoms with van der Waals surface area (Å²) in [5.74, 6) is 0.964. The molecule has 3 nitrogen and oxygen atoms in total. The van der Waals surface area contributed by atoms with Gasteiger partial charge in [0.25, 0.3) is 0 Å². The summed E-state index contributed by atoms with van der Waals surface area (Å²) in [7, 11) is 0. The first-order valence-electron chi connectivity index (χ1n) is 5.84. The highest BCUT2D eigenvalue weighted by atomic mass is 16.5. The molecule has 0 fully saturated rings. The van der Waals surface area contributed by atoms with Crippen LogP contribution in [-0.4, -0.2) is 17.7 Å². The van der Waals surface area contributed by atoms with Crippen LogP contribution in [0.15, 0.2) is 24.3 Å². The fourth-order valence-electron chi connectivity index (χ4n) is 2.38. The quantitative estimate of drug-likeness (QED) is 0.832. The summed E-state index contributed by atoms with van der Waals surface area (Å²) in [6.45, 7) is 5.83. The van der Waals surface area contributed by atoms with Crippen LogP contribution in [-0.2, 0) is 13.1 Å². The fourth-order valence-corrected chi connectivity index (χ4v) is 2.38. The monoisotopic (exact) mass is 216 g/mol. The molecule has 0 saturated heterocycles. The summed E-state index contributed by atoms with van der Waals surface area (Å²) < 4.78 is 7.91. The van der Waals surface area contributed by atoms with E-state index in [0.717, 1.165) is 32.0 Å². The molecule has 0 radical (unpaired) electrons. The van der Waals surface area contributed by atoms with Gasteiger partial charge >= 0.3 is 0 Å². The number of hydrogen-bond acceptors (Lipinski definition) is 2. The van der Waals surface area contributed by atoms with Crippen LogP contribution in [0.25, 0.3) is 10.9 Å². The Kier molecular flexibility index (Phi) is 2.33. The number of fused-ring (bicyclic) bond motifs is 3. The molecule has 0 bridgehead atoms. The van der Waals surface area contributed by atoms with Gasteiger partial charge in [-0.2, -0.15) is 0 Å². The highest BCUT2D eigenvalue weighted by molar-refractivity contribution is 5.83. The zero-order valence-corrected chi connectivity index (χ0v) is 9.49. The zero-order chi connectivity index (χ0) is 11.0. The van der Waals surface area contributed by atoms with Crippen molar-refractivity contribution in [3.63, 3.8) is 0 Å². The average molecular weight is 216 g/mol. The topological polar surface area (TPSA) is 26.2 Å². The van der Waals surface area contributed by atoms with Gasteiger partial charge in [-0.1, -0.05) is 0 Å². The summed E-state index contributed by atoms with van der Waals surface area (Å²) in [5.41, 5.74) is 2.69. The Hall–Kier alpha value is -1.48. The summed E-state index contributed by atoms with van der Waals surface area (Å²) in [6, 6.07) is 8.60. The van der Waals surface area contributed by atoms with Crippen molar-refractivity contribution in [2.24, 2.45) is 0 Å². The molecule has 2 heterocycles. The molecule has 0 aliphatic carbocycles. The van der Waals surface area contributed by atoms with Gasteiger partial charge in [-0.15, -0.1) is 0 Å². The van der Waals surface area contributed by atoms with Crippen LogP contribution in [0.4, 0.5) is 0 Å². The van der Waals surface area contributed by atoms with Gasteiger partial charge in [-0.05, 0) is 31.2 Å². The summed E-state index contributed by atoms with van der Waals surface area (Å²) in [6.07, 6.45) is 0. The molecule has 1 aromatic carbocycles. The highest BCUT2D eigenvalue weighted by Crippen LogP contribution is 2.25. The Morgan fingerprint density at radius 3 is 3.19 bits per heavy atom. The van der Waals surface area contributed by atoms with Crippen molar-refractivity contribution in [2.75, 3.05) is 13.2 Å². The lowest BCUT2D eigenvalue weighted by molar-refractivity contribution is 0.340. The lowest BCUT2D eigenvalue weighted by Gasteiger charge is -2.17. The zero-order valence-electron chi connectivity index (χ0n) is 9.49. The molecular weight excluding hydrogens is 200 g/mol. The maximum Gasteiger partial charge on any atom is 0.120 e. The van der Waals surface area contributed by atoms with E-state index in [1.165, 1.54) is 16.6 Å². The number of ether oxygens (including phenoxy) is 1. The van der Waals surface area contributed by atoms with Crippen LogP contribution in [0.5, 0.6) is 5.75 Å². The molecule has 1 aromatic heterocycles. The summed E-state index contributed by atoms with van der Waals surface area (Å²) in [4.78, 5) is 0. The third kappa shape index (κ3) is 1.48. The van der Waals surface area contributed by atoms with Crippen molar-refractivity contribution in [3.8, 4) is 5.75 Å². The molecule has 1 N–H and O–H groups in total. The van der Waals surface area contributed by atoms with E-state index in [0.29, 0.717) is 0 Å². The lowest BCUT2D eigenvalue weighted by Crippen LogP contribution is -2.27. The van der Waals surface area contributed by atoms with Crippen molar-refractivity contribution < 1.29 is 4.74 Å². The lowest BCUT2D eigenvalue weighted by atomic mass is 10.2. The van der Waals surface area contributed by atoms with Crippen molar-refractivity contribution in [2.45, 2.75) is 20.0 Å². The molecule has 0 atom stereocenters. The van der Waals surface area contributed by atoms with E-state index in [1.54, 1.807) is 0 Å². The Bertz CT molecular complexity index is 516. The number of nitrogens with one attached hydrogen (secondary N) is 1. The second kappa shape index (κ2) is 3.83. The van der Waals surface area contributed by atoms with Crippen LogP contribution in [0.1, 0.15) is 12.6 Å². The molecule has 16 heavy (non-hydrogen) atoms. The Morgan fingerprint density at radius 1 is 1.38 bits per heavy atom. The van der Waals surface area contributed by atoms with Crippen molar-refractivity contribution in [3.05, 3.63) is 30.0 Å². The molecule has 0 amide bonds. The second-order valence-corrected chi connectivity index (χ2v) is 4.12. The van der Waals surface area contributed by atoms with Gasteiger partial charge in [-0.25, -0.2) is 0 Å². The molecule has 84 valence electrons. The molecule has 1 aliphatic rings. The van der Waals surface area contributed by atoms with Crippen molar-refractivity contribution in [1.82, 2.24) is 9.88 Å². The first kappa shape index (κ1) is 9.73. The number of rotatable bonds is 2. The molecule has 1 aliphatic heterocycles. The molecule has 3 rings (SSSR count). The number of nitrogens with zero attached hydrogens (tertiary/aromatic N) is 1. The fraction of sp³-hybridized carbons (Fsp3) is 0.385. The first-order valence-corrected chi connectivity index (χ1v) is 5.84. The van der Waals surface area contributed by atoms with E-state index in [-0.39, 0.29) is 0 Å². The maximum atomic E-state index is 5.52. The Morgan fingerprint density at radius 2 is 2.31 bits per heavy atom. The third-order valence-electron chi connectivity index (χ3n) is 3.09. The van der Waals surface area contributed by atoms with E-state index >= 15 is 0 Å². The largest absolute Gasteiger partial charge is 0.494 e. The molecule has 0 unspecified atom stereocenters. The Labute approximate surface area is 95.0 Å². The van der Waals surface area contributed by atoms with Crippen LogP contribution in [0, 0.1) is 0 Å². The van der Waals surface area contributed by atoms with Gasteiger partial charge in [0.1, 0.15) is 5.75 Å². The SMILES string of the molecule is CCOc1ccc2c(c1)cc1n2CCNC1. The molecular formula is C13H16N2O. The minimum atomic E-state index is 0.723. The highest BCUT2D eigenvalue weighted by Gasteiger charge is 2.12. The second-order valence-electron chi connectivity index (χ2n) is 4.12. The number of aromatic nitrogens is 1. The van der Waals surface area contributed by atoms with Crippen LogP contribution in [0.3, 0.4) is 0 Å². The molecule has 0 spiro atoms. The smallest absolute Gasteiger partial charge is 0.120 e. The van der Waals surface area contributed by atoms with Crippen molar-refractivity contribution >= 4 is 10.9 Å². The van der Waals surface area contributed by atoms with Gasteiger partial charge in [0, 0.05) is 36.2 Å². The number of benzene rings is 1. The van der Waals surface area contributed by atoms with Crippen LogP contribution >= 0.6 is 0 Å². The summed E-state index contributed by atoms with van der Waals surface area (Å²) in [5, 5.41) is 4.67.